The van der Waals surface area contributed by atoms with Crippen molar-refractivity contribution in [2.75, 3.05) is 20.2 Å². The summed E-state index contributed by atoms with van der Waals surface area (Å²) in [7, 11) is 1.35. The average molecular weight is 227 g/mol. The quantitative estimate of drug-likeness (QED) is 0.647. The number of hydrogen-bond donors (Lipinski definition) is 0. The molecule has 1 aliphatic carbocycles. The van der Waals surface area contributed by atoms with Gasteiger partial charge in [0.05, 0.1) is 7.11 Å². The van der Waals surface area contributed by atoms with Crippen molar-refractivity contribution < 1.29 is 14.3 Å². The maximum absolute atomic E-state index is 11.9. The van der Waals surface area contributed by atoms with Crippen molar-refractivity contribution in [3.63, 3.8) is 0 Å². The third kappa shape index (κ3) is 3.83. The van der Waals surface area contributed by atoms with E-state index in [2.05, 4.69) is 4.74 Å². The van der Waals surface area contributed by atoms with E-state index in [4.69, 9.17) is 0 Å². The normalized spacial score (nSPS) is 15.4. The van der Waals surface area contributed by atoms with Crippen molar-refractivity contribution in [3.05, 3.63) is 0 Å². The average Bonchev–Trinajstić information content (AvgIpc) is 2.22. The molecule has 0 aromatic heterocycles. The first-order chi connectivity index (χ1) is 7.67. The maximum atomic E-state index is 11.9. The Bertz CT molecular complexity index is 249. The minimum atomic E-state index is -0.338. The lowest BCUT2D eigenvalue weighted by Crippen LogP contribution is -2.38. The number of hydrogen-bond acceptors (Lipinski definition) is 3. The fourth-order valence-electron chi connectivity index (χ4n) is 1.86. The van der Waals surface area contributed by atoms with Crippen LogP contribution in [0.25, 0.3) is 0 Å². The van der Waals surface area contributed by atoms with Crippen LogP contribution in [0.5, 0.6) is 0 Å². The van der Waals surface area contributed by atoms with Crippen LogP contribution in [-0.2, 0) is 14.3 Å². The van der Waals surface area contributed by atoms with E-state index in [9.17, 15) is 9.59 Å². The first-order valence-electron chi connectivity index (χ1n) is 6.02. The van der Waals surface area contributed by atoms with Crippen molar-refractivity contribution >= 4 is 11.9 Å². The topological polar surface area (TPSA) is 46.6 Å². The molecule has 0 N–H and O–H groups in total. The van der Waals surface area contributed by atoms with Crippen LogP contribution >= 0.6 is 0 Å². The van der Waals surface area contributed by atoms with Gasteiger partial charge in [-0.1, -0.05) is 13.3 Å². The molecule has 0 radical (unpaired) electrons. The monoisotopic (exact) mass is 227 g/mol. The van der Waals surface area contributed by atoms with Gasteiger partial charge in [0.1, 0.15) is 6.54 Å². The molecule has 0 heterocycles. The Morgan fingerprint density at radius 2 is 2.06 bits per heavy atom. The second-order valence-corrected chi connectivity index (χ2v) is 4.39. The van der Waals surface area contributed by atoms with Gasteiger partial charge in [-0.2, -0.15) is 0 Å². The largest absolute Gasteiger partial charge is 0.468 e. The van der Waals surface area contributed by atoms with Crippen LogP contribution in [-0.4, -0.2) is 37.0 Å². The Balaban J connectivity index is 2.40. The first-order valence-corrected chi connectivity index (χ1v) is 6.02. The second-order valence-electron chi connectivity index (χ2n) is 4.39. The fraction of sp³-hybridized carbons (Fsp3) is 0.833. The highest BCUT2D eigenvalue weighted by Gasteiger charge is 2.24. The minimum absolute atomic E-state index is 0.0931. The number of carbonyl (C=O) groups excluding carboxylic acids is 2. The standard InChI is InChI=1S/C12H21NO3/c1-3-7-13(9-12(15)16-2)11(14)8-10-5-4-6-10/h10H,3-9H2,1-2H3. The molecule has 16 heavy (non-hydrogen) atoms. The summed E-state index contributed by atoms with van der Waals surface area (Å²) in [5.41, 5.74) is 0. The highest BCUT2D eigenvalue weighted by atomic mass is 16.5. The zero-order valence-electron chi connectivity index (χ0n) is 10.2. The minimum Gasteiger partial charge on any atom is -0.468 e. The van der Waals surface area contributed by atoms with Crippen molar-refractivity contribution in [2.24, 2.45) is 5.92 Å². The molecule has 0 saturated heterocycles. The molecule has 0 aromatic rings. The van der Waals surface area contributed by atoms with Gasteiger partial charge in [-0.05, 0) is 25.2 Å². The summed E-state index contributed by atoms with van der Waals surface area (Å²) in [6, 6.07) is 0. The maximum Gasteiger partial charge on any atom is 0.325 e. The van der Waals surface area contributed by atoms with Crippen molar-refractivity contribution in [2.45, 2.75) is 39.0 Å². The first kappa shape index (κ1) is 13.0. The summed E-state index contributed by atoms with van der Waals surface area (Å²) >= 11 is 0. The van der Waals surface area contributed by atoms with Gasteiger partial charge in [0.25, 0.3) is 0 Å². The lowest BCUT2D eigenvalue weighted by Gasteiger charge is -2.28. The molecular weight excluding hydrogens is 206 g/mol. The van der Waals surface area contributed by atoms with Gasteiger partial charge in [0.15, 0.2) is 0 Å². The van der Waals surface area contributed by atoms with Crippen molar-refractivity contribution in [1.82, 2.24) is 4.90 Å². The third-order valence-electron chi connectivity index (χ3n) is 3.08. The number of carbonyl (C=O) groups is 2. The van der Waals surface area contributed by atoms with E-state index >= 15 is 0 Å². The SMILES string of the molecule is CCCN(CC(=O)OC)C(=O)CC1CCC1. The molecule has 4 heteroatoms. The second kappa shape index (κ2) is 6.51. The molecule has 0 bridgehead atoms. The molecular formula is C12H21NO3. The van der Waals surface area contributed by atoms with Crippen molar-refractivity contribution in [1.29, 1.82) is 0 Å². The summed E-state index contributed by atoms with van der Waals surface area (Å²) in [4.78, 5) is 24.7. The van der Waals surface area contributed by atoms with Gasteiger partial charge < -0.3 is 9.64 Å². The predicted octanol–water partition coefficient (Wildman–Crippen LogP) is 1.59. The number of nitrogens with zero attached hydrogens (tertiary/aromatic N) is 1. The molecule has 1 fully saturated rings. The molecule has 0 atom stereocenters. The molecule has 0 spiro atoms. The van der Waals surface area contributed by atoms with E-state index in [1.807, 2.05) is 6.92 Å². The van der Waals surface area contributed by atoms with Gasteiger partial charge in [-0.3, -0.25) is 9.59 Å². The fourth-order valence-corrected chi connectivity index (χ4v) is 1.86. The number of esters is 1. The highest BCUT2D eigenvalue weighted by molar-refractivity contribution is 5.82. The van der Waals surface area contributed by atoms with Gasteiger partial charge in [-0.15, -0.1) is 0 Å². The Morgan fingerprint density at radius 3 is 2.50 bits per heavy atom. The van der Waals surface area contributed by atoms with Crippen LogP contribution in [0.3, 0.4) is 0 Å². The zero-order chi connectivity index (χ0) is 12.0. The lowest BCUT2D eigenvalue weighted by atomic mass is 9.82. The van der Waals surface area contributed by atoms with Crippen molar-refractivity contribution in [3.8, 4) is 0 Å². The number of rotatable bonds is 6. The Kier molecular flexibility index (Phi) is 5.29. The molecule has 0 aliphatic heterocycles. The van der Waals surface area contributed by atoms with E-state index in [1.165, 1.54) is 13.5 Å². The van der Waals surface area contributed by atoms with Gasteiger partial charge in [-0.25, -0.2) is 0 Å². The van der Waals surface area contributed by atoms with E-state index in [-0.39, 0.29) is 18.4 Å². The van der Waals surface area contributed by atoms with Crippen LogP contribution in [0.4, 0.5) is 0 Å². The molecule has 0 unspecified atom stereocenters. The van der Waals surface area contributed by atoms with Gasteiger partial charge in [0, 0.05) is 13.0 Å². The Morgan fingerprint density at radius 1 is 1.38 bits per heavy atom. The van der Waals surface area contributed by atoms with Crippen LogP contribution in [0.1, 0.15) is 39.0 Å². The lowest BCUT2D eigenvalue weighted by molar-refractivity contribution is -0.147. The van der Waals surface area contributed by atoms with Gasteiger partial charge in [0.2, 0.25) is 5.91 Å². The third-order valence-corrected chi connectivity index (χ3v) is 3.08. The molecule has 1 saturated carbocycles. The van der Waals surface area contributed by atoms with E-state index in [1.54, 1.807) is 4.90 Å². The summed E-state index contributed by atoms with van der Waals surface area (Å²) in [5.74, 6) is 0.303. The summed E-state index contributed by atoms with van der Waals surface area (Å²) in [6.07, 6.45) is 5.01. The Labute approximate surface area is 96.9 Å². The predicted molar refractivity (Wildman–Crippen MR) is 60.8 cm³/mol. The summed E-state index contributed by atoms with van der Waals surface area (Å²) in [5, 5.41) is 0. The zero-order valence-corrected chi connectivity index (χ0v) is 10.2. The van der Waals surface area contributed by atoms with Crippen LogP contribution in [0, 0.1) is 5.92 Å². The summed E-state index contributed by atoms with van der Waals surface area (Å²) < 4.78 is 4.59. The van der Waals surface area contributed by atoms with Crippen LogP contribution in [0.15, 0.2) is 0 Å². The smallest absolute Gasteiger partial charge is 0.325 e. The highest BCUT2D eigenvalue weighted by Crippen LogP contribution is 2.29. The number of ether oxygens (including phenoxy) is 1. The van der Waals surface area contributed by atoms with E-state index in [0.29, 0.717) is 18.9 Å². The van der Waals surface area contributed by atoms with E-state index < -0.39 is 0 Å². The molecule has 4 nitrogen and oxygen atoms in total. The Hall–Kier alpha value is -1.06. The number of methoxy groups -OCH3 is 1. The number of amides is 1. The van der Waals surface area contributed by atoms with Crippen LogP contribution < -0.4 is 0 Å². The molecule has 1 rings (SSSR count). The summed E-state index contributed by atoms with van der Waals surface area (Å²) in [6.45, 7) is 2.73. The molecule has 1 aliphatic rings. The molecule has 0 aromatic carbocycles. The van der Waals surface area contributed by atoms with E-state index in [0.717, 1.165) is 19.3 Å². The van der Waals surface area contributed by atoms with Gasteiger partial charge >= 0.3 is 5.97 Å². The molecule has 92 valence electrons. The van der Waals surface area contributed by atoms with Crippen LogP contribution in [0.2, 0.25) is 0 Å². The molecule has 1 amide bonds.